The standard InChI is InChI=1S/C13H22N4O3/c1-2-4-9(14)7-10(18)17-6-3-5-13(8-17)11(19)15-12(20)16-13/h9H,2-8,14H2,1H3,(H2,15,16,19,20). The molecule has 4 N–H and O–H groups in total. The quantitative estimate of drug-likeness (QED) is 0.616. The Labute approximate surface area is 118 Å². The van der Waals surface area contributed by atoms with Gasteiger partial charge in [0.2, 0.25) is 5.91 Å². The number of rotatable bonds is 4. The number of imide groups is 1. The van der Waals surface area contributed by atoms with Gasteiger partial charge in [-0.1, -0.05) is 13.3 Å². The van der Waals surface area contributed by atoms with Gasteiger partial charge in [-0.3, -0.25) is 14.9 Å². The number of piperidine rings is 1. The van der Waals surface area contributed by atoms with Crippen molar-refractivity contribution in [3.63, 3.8) is 0 Å². The molecule has 0 saturated carbocycles. The molecule has 0 bridgehead atoms. The van der Waals surface area contributed by atoms with E-state index in [-0.39, 0.29) is 24.4 Å². The molecule has 2 heterocycles. The molecule has 0 aromatic heterocycles. The maximum Gasteiger partial charge on any atom is 0.322 e. The van der Waals surface area contributed by atoms with Gasteiger partial charge in [-0.05, 0) is 19.3 Å². The van der Waals surface area contributed by atoms with Crippen LogP contribution >= 0.6 is 0 Å². The Morgan fingerprint density at radius 1 is 1.50 bits per heavy atom. The SMILES string of the molecule is CCCC(N)CC(=O)N1CCCC2(C1)NC(=O)NC2=O. The van der Waals surface area contributed by atoms with E-state index < -0.39 is 11.6 Å². The summed E-state index contributed by atoms with van der Waals surface area (Å²) in [7, 11) is 0. The molecule has 2 rings (SSSR count). The molecule has 2 aliphatic rings. The number of carbonyl (C=O) groups excluding carboxylic acids is 3. The van der Waals surface area contributed by atoms with Crippen molar-refractivity contribution in [2.75, 3.05) is 13.1 Å². The Hall–Kier alpha value is -1.63. The third kappa shape index (κ3) is 2.92. The van der Waals surface area contributed by atoms with Crippen molar-refractivity contribution in [3.05, 3.63) is 0 Å². The highest BCUT2D eigenvalue weighted by atomic mass is 16.2. The number of amides is 4. The second-order valence-electron chi connectivity index (χ2n) is 5.66. The highest BCUT2D eigenvalue weighted by Gasteiger charge is 2.49. The zero-order valence-electron chi connectivity index (χ0n) is 11.8. The van der Waals surface area contributed by atoms with E-state index in [1.54, 1.807) is 4.90 Å². The predicted molar refractivity (Wildman–Crippen MR) is 72.7 cm³/mol. The molecule has 7 heteroatoms. The Bertz CT molecular complexity index is 426. The highest BCUT2D eigenvalue weighted by molar-refractivity contribution is 6.07. The molecule has 0 radical (unpaired) electrons. The van der Waals surface area contributed by atoms with Gasteiger partial charge in [0, 0.05) is 19.0 Å². The van der Waals surface area contributed by atoms with Gasteiger partial charge < -0.3 is 16.0 Å². The van der Waals surface area contributed by atoms with Crippen molar-refractivity contribution in [2.45, 2.75) is 50.6 Å². The number of hydrogen-bond acceptors (Lipinski definition) is 4. The zero-order chi connectivity index (χ0) is 14.8. The Balaban J connectivity index is 1.98. The average Bonchev–Trinajstić information content (AvgIpc) is 2.64. The van der Waals surface area contributed by atoms with Gasteiger partial charge in [0.15, 0.2) is 0 Å². The first-order valence-electron chi connectivity index (χ1n) is 7.14. The van der Waals surface area contributed by atoms with Crippen LogP contribution in [-0.2, 0) is 9.59 Å². The molecule has 2 saturated heterocycles. The molecule has 0 aromatic carbocycles. The van der Waals surface area contributed by atoms with Crippen molar-refractivity contribution in [3.8, 4) is 0 Å². The van der Waals surface area contributed by atoms with E-state index in [2.05, 4.69) is 10.6 Å². The molecular weight excluding hydrogens is 260 g/mol. The lowest BCUT2D eigenvalue weighted by Crippen LogP contribution is -2.59. The summed E-state index contributed by atoms with van der Waals surface area (Å²) in [5.74, 6) is -0.378. The smallest absolute Gasteiger partial charge is 0.322 e. The van der Waals surface area contributed by atoms with Crippen LogP contribution in [0.2, 0.25) is 0 Å². The summed E-state index contributed by atoms with van der Waals surface area (Å²) in [6.45, 7) is 2.88. The Kier molecular flexibility index (Phi) is 4.27. The van der Waals surface area contributed by atoms with Crippen LogP contribution in [0.5, 0.6) is 0 Å². The first-order chi connectivity index (χ1) is 9.47. The number of likely N-dealkylation sites (tertiary alicyclic amines) is 1. The largest absolute Gasteiger partial charge is 0.340 e. The van der Waals surface area contributed by atoms with Crippen LogP contribution < -0.4 is 16.4 Å². The van der Waals surface area contributed by atoms with Crippen LogP contribution in [0.3, 0.4) is 0 Å². The number of urea groups is 1. The molecule has 1 spiro atoms. The topological polar surface area (TPSA) is 105 Å². The third-order valence-electron chi connectivity index (χ3n) is 3.96. The Morgan fingerprint density at radius 2 is 2.25 bits per heavy atom. The van der Waals surface area contributed by atoms with Crippen LogP contribution in [-0.4, -0.2) is 47.4 Å². The minimum Gasteiger partial charge on any atom is -0.340 e. The maximum absolute atomic E-state index is 12.2. The molecule has 112 valence electrons. The lowest BCUT2D eigenvalue weighted by Gasteiger charge is -2.38. The van der Waals surface area contributed by atoms with Crippen molar-refractivity contribution >= 4 is 17.8 Å². The van der Waals surface area contributed by atoms with Crippen LogP contribution in [0.4, 0.5) is 4.79 Å². The fourth-order valence-electron chi connectivity index (χ4n) is 2.91. The van der Waals surface area contributed by atoms with Crippen LogP contribution in [0.15, 0.2) is 0 Å². The molecule has 4 amide bonds. The molecule has 7 nitrogen and oxygen atoms in total. The number of nitrogens with two attached hydrogens (primary N) is 1. The Morgan fingerprint density at radius 3 is 2.85 bits per heavy atom. The molecule has 20 heavy (non-hydrogen) atoms. The van der Waals surface area contributed by atoms with E-state index in [0.717, 1.165) is 12.8 Å². The van der Waals surface area contributed by atoms with Crippen molar-refractivity contribution in [1.82, 2.24) is 15.5 Å². The molecular formula is C13H22N4O3. The van der Waals surface area contributed by atoms with Gasteiger partial charge >= 0.3 is 6.03 Å². The van der Waals surface area contributed by atoms with E-state index in [4.69, 9.17) is 5.73 Å². The first kappa shape index (κ1) is 14.8. The maximum atomic E-state index is 12.2. The molecule has 2 fully saturated rings. The summed E-state index contributed by atoms with van der Waals surface area (Å²) in [5.41, 5.74) is 4.94. The van der Waals surface area contributed by atoms with E-state index in [9.17, 15) is 14.4 Å². The fourth-order valence-corrected chi connectivity index (χ4v) is 2.91. The monoisotopic (exact) mass is 282 g/mol. The van der Waals surface area contributed by atoms with E-state index >= 15 is 0 Å². The third-order valence-corrected chi connectivity index (χ3v) is 3.96. The number of hydrogen-bond donors (Lipinski definition) is 3. The van der Waals surface area contributed by atoms with E-state index in [0.29, 0.717) is 25.8 Å². The van der Waals surface area contributed by atoms with E-state index in [1.807, 2.05) is 6.92 Å². The minimum atomic E-state index is -0.945. The van der Waals surface area contributed by atoms with Crippen molar-refractivity contribution in [2.24, 2.45) is 5.73 Å². The minimum absolute atomic E-state index is 0.0426. The summed E-state index contributed by atoms with van der Waals surface area (Å²) < 4.78 is 0. The summed E-state index contributed by atoms with van der Waals surface area (Å²) >= 11 is 0. The zero-order valence-corrected chi connectivity index (χ0v) is 11.8. The summed E-state index contributed by atoms with van der Waals surface area (Å²) in [4.78, 5) is 37.1. The normalized spacial score (nSPS) is 27.4. The van der Waals surface area contributed by atoms with Gasteiger partial charge in [0.1, 0.15) is 5.54 Å². The van der Waals surface area contributed by atoms with E-state index in [1.165, 1.54) is 0 Å². The average molecular weight is 282 g/mol. The second-order valence-corrected chi connectivity index (χ2v) is 5.66. The summed E-state index contributed by atoms with van der Waals surface area (Å²) in [6, 6.07) is -0.621. The summed E-state index contributed by atoms with van der Waals surface area (Å²) in [5, 5.41) is 4.90. The van der Waals surface area contributed by atoms with Crippen LogP contribution in [0.1, 0.15) is 39.0 Å². The second kappa shape index (κ2) is 5.78. The molecule has 2 aliphatic heterocycles. The molecule has 0 aliphatic carbocycles. The van der Waals surface area contributed by atoms with Gasteiger partial charge in [-0.2, -0.15) is 0 Å². The lowest BCUT2D eigenvalue weighted by atomic mass is 9.89. The van der Waals surface area contributed by atoms with Crippen molar-refractivity contribution in [1.29, 1.82) is 0 Å². The molecule has 0 aromatic rings. The summed E-state index contributed by atoms with van der Waals surface area (Å²) in [6.07, 6.45) is 3.30. The predicted octanol–water partition coefficient (Wildman–Crippen LogP) is -0.295. The van der Waals surface area contributed by atoms with Crippen molar-refractivity contribution < 1.29 is 14.4 Å². The van der Waals surface area contributed by atoms with Crippen LogP contribution in [0.25, 0.3) is 0 Å². The highest BCUT2D eigenvalue weighted by Crippen LogP contribution is 2.25. The number of nitrogens with zero attached hydrogens (tertiary/aromatic N) is 1. The number of nitrogens with one attached hydrogen (secondary N) is 2. The first-order valence-corrected chi connectivity index (χ1v) is 7.14. The van der Waals surface area contributed by atoms with Gasteiger partial charge in [0.05, 0.1) is 6.54 Å². The van der Waals surface area contributed by atoms with Crippen LogP contribution in [0, 0.1) is 0 Å². The van der Waals surface area contributed by atoms with Gasteiger partial charge in [0.25, 0.3) is 5.91 Å². The lowest BCUT2D eigenvalue weighted by molar-refractivity contribution is -0.136. The molecule has 2 unspecified atom stereocenters. The van der Waals surface area contributed by atoms with Gasteiger partial charge in [-0.25, -0.2) is 4.79 Å². The van der Waals surface area contributed by atoms with Gasteiger partial charge in [-0.15, -0.1) is 0 Å². The molecule has 2 atom stereocenters. The fraction of sp³-hybridized carbons (Fsp3) is 0.769. The number of carbonyl (C=O) groups is 3.